The molecular formula is C15H14FN3O3. The maximum absolute atomic E-state index is 14.2. The first kappa shape index (κ1) is 14.1. The molecule has 1 atom stereocenters. The molecule has 1 aliphatic heterocycles. The maximum atomic E-state index is 14.2. The van der Waals surface area contributed by atoms with Crippen LogP contribution in [0.25, 0.3) is 5.69 Å². The summed E-state index contributed by atoms with van der Waals surface area (Å²) < 4.78 is 15.9. The lowest BCUT2D eigenvalue weighted by molar-refractivity contribution is 0.0841. The molecule has 22 heavy (non-hydrogen) atoms. The molecule has 114 valence electrons. The number of oxime groups is 1. The Labute approximate surface area is 125 Å². The predicted octanol–water partition coefficient (Wildman–Crippen LogP) is 2.38. The SMILES string of the molecule is O=C(O)NC[C@H]1CC(c2ccc(-n3cccc3)c(F)c2)=NO1. The lowest BCUT2D eigenvalue weighted by atomic mass is 10.0. The highest BCUT2D eigenvalue weighted by atomic mass is 19.1. The average molecular weight is 303 g/mol. The van der Waals surface area contributed by atoms with Crippen molar-refractivity contribution in [3.8, 4) is 5.69 Å². The third-order valence-electron chi connectivity index (χ3n) is 3.38. The zero-order valence-corrected chi connectivity index (χ0v) is 11.6. The fraction of sp³-hybridized carbons (Fsp3) is 0.200. The monoisotopic (exact) mass is 303 g/mol. The third-order valence-corrected chi connectivity index (χ3v) is 3.38. The lowest BCUT2D eigenvalue weighted by Gasteiger charge is -2.08. The van der Waals surface area contributed by atoms with Gasteiger partial charge >= 0.3 is 6.09 Å². The van der Waals surface area contributed by atoms with E-state index in [1.807, 2.05) is 12.1 Å². The minimum atomic E-state index is -1.11. The Kier molecular flexibility index (Phi) is 3.78. The second kappa shape index (κ2) is 5.88. The molecule has 0 bridgehead atoms. The minimum absolute atomic E-state index is 0.145. The van der Waals surface area contributed by atoms with Gasteiger partial charge in [-0.15, -0.1) is 0 Å². The highest BCUT2D eigenvalue weighted by Crippen LogP contribution is 2.20. The highest BCUT2D eigenvalue weighted by Gasteiger charge is 2.23. The molecule has 0 saturated heterocycles. The summed E-state index contributed by atoms with van der Waals surface area (Å²) in [4.78, 5) is 15.6. The first-order chi connectivity index (χ1) is 10.6. The average Bonchev–Trinajstić information content (AvgIpc) is 3.16. The Hall–Kier alpha value is -2.83. The van der Waals surface area contributed by atoms with Gasteiger partial charge in [-0.3, -0.25) is 0 Å². The van der Waals surface area contributed by atoms with Crippen LogP contribution in [0.3, 0.4) is 0 Å². The van der Waals surface area contributed by atoms with Crippen molar-refractivity contribution < 1.29 is 19.1 Å². The summed E-state index contributed by atoms with van der Waals surface area (Å²) >= 11 is 0. The summed E-state index contributed by atoms with van der Waals surface area (Å²) in [6.45, 7) is 0.145. The van der Waals surface area contributed by atoms with Crippen molar-refractivity contribution >= 4 is 11.8 Å². The Morgan fingerprint density at radius 1 is 1.45 bits per heavy atom. The number of carboxylic acid groups (broad SMARTS) is 1. The van der Waals surface area contributed by atoms with Gasteiger partial charge in [-0.2, -0.15) is 0 Å². The molecule has 0 unspecified atom stereocenters. The van der Waals surface area contributed by atoms with Gasteiger partial charge in [-0.1, -0.05) is 11.2 Å². The number of hydrogen-bond donors (Lipinski definition) is 2. The topological polar surface area (TPSA) is 75.9 Å². The van der Waals surface area contributed by atoms with E-state index in [1.54, 1.807) is 29.1 Å². The predicted molar refractivity (Wildman–Crippen MR) is 77.8 cm³/mol. The second-order valence-electron chi connectivity index (χ2n) is 4.91. The molecule has 2 aromatic rings. The number of halogens is 1. The van der Waals surface area contributed by atoms with Crippen LogP contribution in [-0.4, -0.2) is 34.1 Å². The van der Waals surface area contributed by atoms with Crippen LogP contribution in [0, 0.1) is 5.82 Å². The first-order valence-electron chi connectivity index (χ1n) is 6.76. The normalized spacial score (nSPS) is 17.0. The molecule has 1 aliphatic rings. The zero-order valence-electron chi connectivity index (χ0n) is 11.6. The molecule has 2 heterocycles. The van der Waals surface area contributed by atoms with E-state index in [0.717, 1.165) is 0 Å². The van der Waals surface area contributed by atoms with E-state index in [4.69, 9.17) is 9.94 Å². The number of benzene rings is 1. The van der Waals surface area contributed by atoms with Crippen molar-refractivity contribution in [2.75, 3.05) is 6.54 Å². The molecule has 7 heteroatoms. The summed E-state index contributed by atoms with van der Waals surface area (Å²) in [6, 6.07) is 8.50. The number of nitrogens with one attached hydrogen (secondary N) is 1. The summed E-state index contributed by atoms with van der Waals surface area (Å²) in [5.41, 5.74) is 1.69. The molecule has 6 nitrogen and oxygen atoms in total. The van der Waals surface area contributed by atoms with Crippen molar-refractivity contribution in [3.05, 3.63) is 54.1 Å². The second-order valence-corrected chi connectivity index (χ2v) is 4.91. The van der Waals surface area contributed by atoms with E-state index >= 15 is 0 Å². The van der Waals surface area contributed by atoms with Gasteiger partial charge in [0.2, 0.25) is 0 Å². The lowest BCUT2D eigenvalue weighted by Crippen LogP contribution is -2.30. The van der Waals surface area contributed by atoms with E-state index in [-0.39, 0.29) is 18.5 Å². The third kappa shape index (κ3) is 2.93. The van der Waals surface area contributed by atoms with E-state index in [9.17, 15) is 9.18 Å². The Balaban J connectivity index is 1.71. The van der Waals surface area contributed by atoms with Crippen LogP contribution >= 0.6 is 0 Å². The Morgan fingerprint density at radius 2 is 2.23 bits per heavy atom. The molecular weight excluding hydrogens is 289 g/mol. The number of amides is 1. The van der Waals surface area contributed by atoms with E-state index in [2.05, 4.69) is 10.5 Å². The quantitative estimate of drug-likeness (QED) is 0.910. The van der Waals surface area contributed by atoms with Crippen LogP contribution in [0.1, 0.15) is 12.0 Å². The highest BCUT2D eigenvalue weighted by molar-refractivity contribution is 6.01. The number of carbonyl (C=O) groups is 1. The van der Waals surface area contributed by atoms with E-state index < -0.39 is 6.09 Å². The number of aromatic nitrogens is 1. The van der Waals surface area contributed by atoms with Gasteiger partial charge in [0.05, 0.1) is 17.9 Å². The molecule has 3 rings (SSSR count). The van der Waals surface area contributed by atoms with Gasteiger partial charge in [0.15, 0.2) is 6.10 Å². The molecule has 1 aromatic heterocycles. The molecule has 1 amide bonds. The molecule has 0 saturated carbocycles. The summed E-state index contributed by atoms with van der Waals surface area (Å²) in [5, 5.41) is 14.7. The van der Waals surface area contributed by atoms with Crippen LogP contribution in [0.4, 0.5) is 9.18 Å². The van der Waals surface area contributed by atoms with Gasteiger partial charge in [0, 0.05) is 24.4 Å². The zero-order chi connectivity index (χ0) is 15.5. The molecule has 2 N–H and O–H groups in total. The minimum Gasteiger partial charge on any atom is -0.465 e. The van der Waals surface area contributed by atoms with Crippen LogP contribution in [0.15, 0.2) is 47.9 Å². The molecule has 0 spiro atoms. The fourth-order valence-corrected chi connectivity index (χ4v) is 2.30. The van der Waals surface area contributed by atoms with Crippen LogP contribution in [0.5, 0.6) is 0 Å². The van der Waals surface area contributed by atoms with Gasteiger partial charge < -0.3 is 19.8 Å². The van der Waals surface area contributed by atoms with Crippen molar-refractivity contribution in [2.24, 2.45) is 5.16 Å². The number of hydrogen-bond acceptors (Lipinski definition) is 3. The van der Waals surface area contributed by atoms with Crippen molar-refractivity contribution in [1.29, 1.82) is 0 Å². The fourth-order valence-electron chi connectivity index (χ4n) is 2.30. The molecule has 0 radical (unpaired) electrons. The molecule has 1 aromatic carbocycles. The van der Waals surface area contributed by atoms with Gasteiger partial charge in [-0.05, 0) is 24.3 Å². The summed E-state index contributed by atoms with van der Waals surface area (Å²) in [7, 11) is 0. The molecule has 0 fully saturated rings. The molecule has 0 aliphatic carbocycles. The van der Waals surface area contributed by atoms with E-state index in [1.165, 1.54) is 6.07 Å². The standard InChI is InChI=1S/C15H14FN3O3/c16-12-7-10(3-4-14(12)19-5-1-2-6-19)13-8-11(22-18-13)9-17-15(20)21/h1-7,11,17H,8-9H2,(H,20,21)/t11-/m1/s1. The summed E-state index contributed by atoms with van der Waals surface area (Å²) in [6.07, 6.45) is 2.49. The Morgan fingerprint density at radius 3 is 2.91 bits per heavy atom. The maximum Gasteiger partial charge on any atom is 0.404 e. The number of rotatable bonds is 4. The number of nitrogens with zero attached hydrogens (tertiary/aromatic N) is 2. The van der Waals surface area contributed by atoms with Gasteiger partial charge in [-0.25, -0.2) is 9.18 Å². The van der Waals surface area contributed by atoms with E-state index in [0.29, 0.717) is 23.4 Å². The van der Waals surface area contributed by atoms with Crippen LogP contribution in [0.2, 0.25) is 0 Å². The summed E-state index contributed by atoms with van der Waals surface area (Å²) in [5.74, 6) is -0.358. The smallest absolute Gasteiger partial charge is 0.404 e. The first-order valence-corrected chi connectivity index (χ1v) is 6.76. The van der Waals surface area contributed by atoms with Crippen molar-refractivity contribution in [1.82, 2.24) is 9.88 Å². The largest absolute Gasteiger partial charge is 0.465 e. The van der Waals surface area contributed by atoms with Gasteiger partial charge in [0.25, 0.3) is 0 Å². The van der Waals surface area contributed by atoms with Crippen molar-refractivity contribution in [2.45, 2.75) is 12.5 Å². The Bertz CT molecular complexity index is 713. The van der Waals surface area contributed by atoms with Crippen molar-refractivity contribution in [3.63, 3.8) is 0 Å². The van der Waals surface area contributed by atoms with Crippen LogP contribution < -0.4 is 5.32 Å². The van der Waals surface area contributed by atoms with Crippen LogP contribution in [-0.2, 0) is 4.84 Å². The van der Waals surface area contributed by atoms with Gasteiger partial charge in [0.1, 0.15) is 5.82 Å².